The predicted octanol–water partition coefficient (Wildman–Crippen LogP) is 1.64. The summed E-state index contributed by atoms with van der Waals surface area (Å²) in [5, 5.41) is 5.12. The van der Waals surface area contributed by atoms with Crippen molar-refractivity contribution in [1.29, 1.82) is 0 Å². The zero-order chi connectivity index (χ0) is 19.4. The molecular weight excluding hydrogens is 362 g/mol. The number of carbonyl (C=O) groups is 1. The van der Waals surface area contributed by atoms with Gasteiger partial charge in [0.15, 0.2) is 0 Å². The maximum absolute atomic E-state index is 12.6. The van der Waals surface area contributed by atoms with E-state index in [1.807, 2.05) is 36.1 Å². The molecule has 7 heteroatoms. The molecule has 0 aliphatic carbocycles. The molecule has 0 aromatic heterocycles. The van der Waals surface area contributed by atoms with Crippen LogP contribution in [0.4, 0.5) is 0 Å². The molecule has 1 heterocycles. The molecule has 0 bridgehead atoms. The molecule has 144 valence electrons. The van der Waals surface area contributed by atoms with Crippen molar-refractivity contribution < 1.29 is 13.2 Å². The summed E-state index contributed by atoms with van der Waals surface area (Å²) in [7, 11) is -3.64. The summed E-state index contributed by atoms with van der Waals surface area (Å²) < 4.78 is 22.6. The van der Waals surface area contributed by atoms with Gasteiger partial charge in [-0.3, -0.25) is 9.69 Å². The molecule has 1 fully saturated rings. The van der Waals surface area contributed by atoms with Crippen molar-refractivity contribution in [3.05, 3.63) is 65.2 Å². The molecule has 0 unspecified atom stereocenters. The van der Waals surface area contributed by atoms with Gasteiger partial charge in [0.1, 0.15) is 0 Å². The van der Waals surface area contributed by atoms with Crippen LogP contribution in [0.15, 0.2) is 53.4 Å². The molecule has 1 aliphatic rings. The van der Waals surface area contributed by atoms with Crippen molar-refractivity contribution in [3.8, 4) is 0 Å². The smallest absolute Gasteiger partial charge is 0.253 e. The third-order valence-corrected chi connectivity index (χ3v) is 5.82. The van der Waals surface area contributed by atoms with Crippen LogP contribution in [0.5, 0.6) is 0 Å². The molecule has 0 saturated carbocycles. The first kappa shape index (κ1) is 19.5. The molecular formula is C20H25N3O3S. The largest absolute Gasteiger partial charge is 0.336 e. The number of carbonyl (C=O) groups excluding carboxylic acids is 1. The fourth-order valence-electron chi connectivity index (χ4n) is 3.27. The summed E-state index contributed by atoms with van der Waals surface area (Å²) in [6, 6.07) is 14.4. The van der Waals surface area contributed by atoms with E-state index in [2.05, 4.69) is 4.90 Å². The van der Waals surface area contributed by atoms with Gasteiger partial charge in [-0.2, -0.15) is 0 Å². The molecule has 1 aliphatic heterocycles. The third kappa shape index (κ3) is 5.15. The summed E-state index contributed by atoms with van der Waals surface area (Å²) in [5.74, 6) is 0.0944. The van der Waals surface area contributed by atoms with Crippen LogP contribution >= 0.6 is 0 Å². The Bertz CT molecular complexity index is 902. The van der Waals surface area contributed by atoms with Gasteiger partial charge >= 0.3 is 0 Å². The maximum Gasteiger partial charge on any atom is 0.253 e. The summed E-state index contributed by atoms with van der Waals surface area (Å²) in [4.78, 5) is 17.0. The fraction of sp³-hybridized carbons (Fsp3) is 0.350. The van der Waals surface area contributed by atoms with Crippen LogP contribution in [0.3, 0.4) is 0 Å². The Hall–Kier alpha value is -2.22. The Morgan fingerprint density at radius 1 is 1.04 bits per heavy atom. The van der Waals surface area contributed by atoms with E-state index >= 15 is 0 Å². The quantitative estimate of drug-likeness (QED) is 0.845. The Balaban J connectivity index is 1.49. The number of aryl methyl sites for hydroxylation is 1. The van der Waals surface area contributed by atoms with E-state index in [9.17, 15) is 13.2 Å². The second-order valence-corrected chi connectivity index (χ2v) is 8.50. The molecule has 0 atom stereocenters. The number of hydrogen-bond donors (Lipinski definition) is 1. The monoisotopic (exact) mass is 387 g/mol. The van der Waals surface area contributed by atoms with E-state index in [-0.39, 0.29) is 10.8 Å². The molecule has 2 aromatic carbocycles. The molecule has 0 spiro atoms. The lowest BCUT2D eigenvalue weighted by Gasteiger charge is -2.34. The molecule has 2 N–H and O–H groups in total. The van der Waals surface area contributed by atoms with E-state index in [1.165, 1.54) is 0 Å². The van der Waals surface area contributed by atoms with Gasteiger partial charge in [0.25, 0.3) is 5.91 Å². The summed E-state index contributed by atoms with van der Waals surface area (Å²) >= 11 is 0. The van der Waals surface area contributed by atoms with Gasteiger partial charge in [0, 0.05) is 38.3 Å². The minimum absolute atomic E-state index is 0.0944. The van der Waals surface area contributed by atoms with Crippen LogP contribution in [-0.2, 0) is 16.4 Å². The van der Waals surface area contributed by atoms with Crippen molar-refractivity contribution in [2.75, 3.05) is 32.7 Å². The lowest BCUT2D eigenvalue weighted by molar-refractivity contribution is 0.0638. The zero-order valence-electron chi connectivity index (χ0n) is 15.5. The summed E-state index contributed by atoms with van der Waals surface area (Å²) in [5.41, 5.74) is 2.91. The minimum atomic E-state index is -3.64. The number of nitrogens with zero attached hydrogens (tertiary/aromatic N) is 2. The molecule has 0 radical (unpaired) electrons. The number of sulfonamides is 1. The van der Waals surface area contributed by atoms with Gasteiger partial charge < -0.3 is 4.90 Å². The van der Waals surface area contributed by atoms with Gasteiger partial charge in [-0.25, -0.2) is 13.6 Å². The van der Waals surface area contributed by atoms with Gasteiger partial charge in [0.2, 0.25) is 10.0 Å². The van der Waals surface area contributed by atoms with E-state index in [4.69, 9.17) is 5.14 Å². The van der Waals surface area contributed by atoms with Gasteiger partial charge in [-0.15, -0.1) is 0 Å². The van der Waals surface area contributed by atoms with Crippen LogP contribution in [0.2, 0.25) is 0 Å². The number of amides is 1. The molecule has 3 rings (SSSR count). The highest BCUT2D eigenvalue weighted by Crippen LogP contribution is 2.13. The normalized spacial score (nSPS) is 15.7. The van der Waals surface area contributed by atoms with Crippen LogP contribution in [0.25, 0.3) is 0 Å². The van der Waals surface area contributed by atoms with Gasteiger partial charge in [-0.1, -0.05) is 29.8 Å². The number of primary sulfonamides is 1. The van der Waals surface area contributed by atoms with E-state index in [1.54, 1.807) is 24.3 Å². The lowest BCUT2D eigenvalue weighted by atomic mass is 10.1. The Morgan fingerprint density at radius 3 is 2.30 bits per heavy atom. The van der Waals surface area contributed by atoms with Crippen molar-refractivity contribution in [3.63, 3.8) is 0 Å². The van der Waals surface area contributed by atoms with Gasteiger partial charge in [-0.05, 0) is 43.2 Å². The highest BCUT2D eigenvalue weighted by Gasteiger charge is 2.22. The first-order valence-electron chi connectivity index (χ1n) is 9.03. The average Bonchev–Trinajstić information content (AvgIpc) is 2.66. The second-order valence-electron chi connectivity index (χ2n) is 6.94. The summed E-state index contributed by atoms with van der Waals surface area (Å²) in [6.45, 7) is 5.99. The summed E-state index contributed by atoms with van der Waals surface area (Å²) in [6.07, 6.45) is 0.830. The minimum Gasteiger partial charge on any atom is -0.336 e. The standard InChI is InChI=1S/C20H25N3O3S/c1-16-3-2-4-18(15-16)20(24)23-13-11-22(12-14-23)10-9-17-5-7-19(8-6-17)27(21,25)26/h2-8,15H,9-14H2,1H3,(H2,21,25,26). The lowest BCUT2D eigenvalue weighted by Crippen LogP contribution is -2.49. The first-order chi connectivity index (χ1) is 12.8. The fourth-order valence-corrected chi connectivity index (χ4v) is 3.78. The first-order valence-corrected chi connectivity index (χ1v) is 10.6. The van der Waals surface area contributed by atoms with Gasteiger partial charge in [0.05, 0.1) is 4.90 Å². The predicted molar refractivity (Wildman–Crippen MR) is 105 cm³/mol. The Kier molecular flexibility index (Phi) is 5.94. The van der Waals surface area contributed by atoms with E-state index in [0.717, 1.165) is 55.8 Å². The number of benzene rings is 2. The highest BCUT2D eigenvalue weighted by molar-refractivity contribution is 7.89. The zero-order valence-corrected chi connectivity index (χ0v) is 16.3. The SMILES string of the molecule is Cc1cccc(C(=O)N2CCN(CCc3ccc(S(N)(=O)=O)cc3)CC2)c1. The molecule has 1 saturated heterocycles. The topological polar surface area (TPSA) is 83.7 Å². The van der Waals surface area contributed by atoms with Crippen LogP contribution < -0.4 is 5.14 Å². The highest BCUT2D eigenvalue weighted by atomic mass is 32.2. The Labute approximate surface area is 160 Å². The van der Waals surface area contributed by atoms with Crippen molar-refractivity contribution >= 4 is 15.9 Å². The van der Waals surface area contributed by atoms with Crippen LogP contribution in [-0.4, -0.2) is 56.8 Å². The van der Waals surface area contributed by atoms with Crippen molar-refractivity contribution in [1.82, 2.24) is 9.80 Å². The Morgan fingerprint density at radius 2 is 1.70 bits per heavy atom. The van der Waals surface area contributed by atoms with Crippen molar-refractivity contribution in [2.24, 2.45) is 5.14 Å². The third-order valence-electron chi connectivity index (χ3n) is 4.89. The number of hydrogen-bond acceptors (Lipinski definition) is 4. The number of nitrogens with two attached hydrogens (primary N) is 1. The van der Waals surface area contributed by atoms with E-state index < -0.39 is 10.0 Å². The number of rotatable bonds is 5. The van der Waals surface area contributed by atoms with Crippen LogP contribution in [0.1, 0.15) is 21.5 Å². The molecule has 27 heavy (non-hydrogen) atoms. The van der Waals surface area contributed by atoms with Crippen LogP contribution in [0, 0.1) is 6.92 Å². The second kappa shape index (κ2) is 8.21. The maximum atomic E-state index is 12.6. The molecule has 6 nitrogen and oxygen atoms in total. The molecule has 2 aromatic rings. The van der Waals surface area contributed by atoms with Crippen molar-refractivity contribution in [2.45, 2.75) is 18.2 Å². The average molecular weight is 388 g/mol. The molecule has 1 amide bonds. The van der Waals surface area contributed by atoms with E-state index in [0.29, 0.717) is 0 Å². The number of piperazine rings is 1.